The van der Waals surface area contributed by atoms with Gasteiger partial charge in [-0.05, 0) is 37.6 Å². The molecule has 0 aromatic heterocycles. The topological polar surface area (TPSA) is 12.0 Å². The molecule has 1 saturated carbocycles. The fourth-order valence-electron chi connectivity index (χ4n) is 3.32. The van der Waals surface area contributed by atoms with Gasteiger partial charge in [-0.3, -0.25) is 0 Å². The summed E-state index contributed by atoms with van der Waals surface area (Å²) in [7, 11) is 0. The Kier molecular flexibility index (Phi) is 8.75. The van der Waals surface area contributed by atoms with E-state index in [9.17, 15) is 0 Å². The van der Waals surface area contributed by atoms with Crippen molar-refractivity contribution in [2.45, 2.75) is 91.0 Å². The van der Waals surface area contributed by atoms with Crippen LogP contribution in [0.4, 0.5) is 0 Å². The van der Waals surface area contributed by atoms with Gasteiger partial charge < -0.3 is 5.32 Å². The van der Waals surface area contributed by atoms with Crippen molar-refractivity contribution in [2.24, 2.45) is 11.8 Å². The lowest BCUT2D eigenvalue weighted by Crippen LogP contribution is -2.29. The molecule has 1 aliphatic rings. The third kappa shape index (κ3) is 7.41. The average molecular weight is 253 g/mol. The summed E-state index contributed by atoms with van der Waals surface area (Å²) in [4.78, 5) is 0. The molecule has 0 radical (unpaired) electrons. The van der Waals surface area contributed by atoms with Crippen molar-refractivity contribution in [1.29, 1.82) is 0 Å². The van der Waals surface area contributed by atoms with Gasteiger partial charge in [0.1, 0.15) is 0 Å². The monoisotopic (exact) mass is 253 g/mol. The minimum atomic E-state index is 0.788. The maximum atomic E-state index is 3.70. The Morgan fingerprint density at radius 1 is 1.00 bits per heavy atom. The van der Waals surface area contributed by atoms with Crippen LogP contribution in [0.5, 0.6) is 0 Å². The quantitative estimate of drug-likeness (QED) is 0.599. The Bertz CT molecular complexity index is 182. The summed E-state index contributed by atoms with van der Waals surface area (Å²) in [5, 5.41) is 3.70. The second-order valence-corrected chi connectivity index (χ2v) is 6.66. The maximum Gasteiger partial charge on any atom is 0.00670 e. The van der Waals surface area contributed by atoms with E-state index in [2.05, 4.69) is 26.1 Å². The molecule has 1 atom stereocenters. The van der Waals surface area contributed by atoms with E-state index >= 15 is 0 Å². The molecule has 0 spiro atoms. The van der Waals surface area contributed by atoms with E-state index in [0.717, 1.165) is 24.4 Å². The van der Waals surface area contributed by atoms with Gasteiger partial charge in [0.25, 0.3) is 0 Å². The Morgan fingerprint density at radius 3 is 2.33 bits per heavy atom. The molecule has 0 aliphatic heterocycles. The van der Waals surface area contributed by atoms with Crippen molar-refractivity contribution >= 4 is 0 Å². The van der Waals surface area contributed by atoms with Crippen molar-refractivity contribution in [3.05, 3.63) is 0 Å². The maximum absolute atomic E-state index is 3.70. The van der Waals surface area contributed by atoms with Crippen LogP contribution in [0, 0.1) is 11.8 Å². The highest BCUT2D eigenvalue weighted by Gasteiger charge is 2.15. The second kappa shape index (κ2) is 9.83. The molecule has 18 heavy (non-hydrogen) atoms. The summed E-state index contributed by atoms with van der Waals surface area (Å²) in [6.45, 7) is 8.06. The summed E-state index contributed by atoms with van der Waals surface area (Å²) in [6, 6.07) is 0.788. The Morgan fingerprint density at radius 2 is 1.72 bits per heavy atom. The Balaban J connectivity index is 2.15. The first-order valence-corrected chi connectivity index (χ1v) is 8.45. The molecule has 0 aromatic rings. The van der Waals surface area contributed by atoms with Gasteiger partial charge in [0, 0.05) is 6.04 Å². The normalized spacial score (nSPS) is 19.3. The zero-order valence-electron chi connectivity index (χ0n) is 13.0. The lowest BCUT2D eigenvalue weighted by atomic mass is 9.84. The highest BCUT2D eigenvalue weighted by molar-refractivity contribution is 4.72. The van der Waals surface area contributed by atoms with Gasteiger partial charge >= 0.3 is 0 Å². The third-order valence-electron chi connectivity index (χ3n) is 4.47. The molecular weight excluding hydrogens is 218 g/mol. The number of hydrogen-bond donors (Lipinski definition) is 1. The van der Waals surface area contributed by atoms with Crippen LogP contribution < -0.4 is 5.32 Å². The summed E-state index contributed by atoms with van der Waals surface area (Å²) in [5.74, 6) is 1.91. The van der Waals surface area contributed by atoms with Crippen molar-refractivity contribution in [2.75, 3.05) is 6.54 Å². The average Bonchev–Trinajstić information content (AvgIpc) is 2.37. The van der Waals surface area contributed by atoms with Crippen molar-refractivity contribution in [1.82, 2.24) is 5.32 Å². The molecule has 1 aliphatic carbocycles. The number of nitrogens with one attached hydrogen (secondary N) is 1. The molecule has 108 valence electrons. The molecule has 1 heteroatoms. The van der Waals surface area contributed by atoms with Gasteiger partial charge in [0.05, 0.1) is 0 Å². The van der Waals surface area contributed by atoms with Crippen LogP contribution in [-0.2, 0) is 0 Å². The molecule has 0 bridgehead atoms. The summed E-state index contributed by atoms with van der Waals surface area (Å²) in [6.07, 6.45) is 14.5. The summed E-state index contributed by atoms with van der Waals surface area (Å²) < 4.78 is 0. The molecule has 1 unspecified atom stereocenters. The second-order valence-electron chi connectivity index (χ2n) is 6.66. The van der Waals surface area contributed by atoms with E-state index < -0.39 is 0 Å². The molecule has 0 aromatic carbocycles. The van der Waals surface area contributed by atoms with Crippen LogP contribution >= 0.6 is 0 Å². The van der Waals surface area contributed by atoms with Gasteiger partial charge in [0.2, 0.25) is 0 Å². The van der Waals surface area contributed by atoms with Gasteiger partial charge in [-0.15, -0.1) is 0 Å². The Labute approximate surface area is 115 Å². The molecule has 0 amide bonds. The van der Waals surface area contributed by atoms with Crippen molar-refractivity contribution in [3.63, 3.8) is 0 Å². The number of rotatable bonds is 9. The first kappa shape index (κ1) is 16.0. The van der Waals surface area contributed by atoms with Crippen molar-refractivity contribution in [3.8, 4) is 0 Å². The van der Waals surface area contributed by atoms with Crippen LogP contribution in [-0.4, -0.2) is 12.6 Å². The summed E-state index contributed by atoms with van der Waals surface area (Å²) in [5.41, 5.74) is 0. The molecule has 0 heterocycles. The predicted octanol–water partition coefficient (Wildman–Crippen LogP) is 5.15. The molecule has 1 N–H and O–H groups in total. The van der Waals surface area contributed by atoms with Crippen LogP contribution in [0.2, 0.25) is 0 Å². The molecule has 1 nitrogen and oxygen atoms in total. The van der Waals surface area contributed by atoms with Gasteiger partial charge in [-0.25, -0.2) is 0 Å². The van der Waals surface area contributed by atoms with E-state index in [1.165, 1.54) is 64.2 Å². The zero-order chi connectivity index (χ0) is 13.2. The molecular formula is C17H35N. The van der Waals surface area contributed by atoms with Crippen LogP contribution in [0.15, 0.2) is 0 Å². The van der Waals surface area contributed by atoms with E-state index in [4.69, 9.17) is 0 Å². The fraction of sp³-hybridized carbons (Fsp3) is 1.00. The van der Waals surface area contributed by atoms with E-state index in [-0.39, 0.29) is 0 Å². The third-order valence-corrected chi connectivity index (χ3v) is 4.47. The summed E-state index contributed by atoms with van der Waals surface area (Å²) >= 11 is 0. The first-order valence-electron chi connectivity index (χ1n) is 8.45. The van der Waals surface area contributed by atoms with Gasteiger partial charge in [-0.1, -0.05) is 65.7 Å². The lowest BCUT2D eigenvalue weighted by molar-refractivity contribution is 0.306. The minimum absolute atomic E-state index is 0.788. The Hall–Kier alpha value is -0.0400. The highest BCUT2D eigenvalue weighted by Crippen LogP contribution is 2.28. The molecule has 1 fully saturated rings. The fourth-order valence-corrected chi connectivity index (χ4v) is 3.32. The smallest absolute Gasteiger partial charge is 0.00670 e. The minimum Gasteiger partial charge on any atom is -0.314 e. The van der Waals surface area contributed by atoms with Crippen LogP contribution in [0.1, 0.15) is 85.0 Å². The lowest BCUT2D eigenvalue weighted by Gasteiger charge is -2.25. The van der Waals surface area contributed by atoms with Gasteiger partial charge in [0.15, 0.2) is 0 Å². The molecule has 0 saturated heterocycles. The number of hydrogen-bond acceptors (Lipinski definition) is 1. The first-order chi connectivity index (χ1) is 8.72. The highest BCUT2D eigenvalue weighted by atomic mass is 14.9. The largest absolute Gasteiger partial charge is 0.314 e. The van der Waals surface area contributed by atoms with Crippen molar-refractivity contribution < 1.29 is 0 Å². The van der Waals surface area contributed by atoms with E-state index in [1.54, 1.807) is 0 Å². The molecule has 1 rings (SSSR count). The standard InChI is InChI=1S/C17H35N/c1-4-18-17(12-8-9-15(2)3)14-13-16-10-6-5-7-11-16/h15-18H,4-14H2,1-3H3. The van der Waals surface area contributed by atoms with E-state index in [0.29, 0.717) is 0 Å². The zero-order valence-corrected chi connectivity index (χ0v) is 13.0. The van der Waals surface area contributed by atoms with Crippen LogP contribution in [0.25, 0.3) is 0 Å². The van der Waals surface area contributed by atoms with Gasteiger partial charge in [-0.2, -0.15) is 0 Å². The van der Waals surface area contributed by atoms with E-state index in [1.807, 2.05) is 0 Å². The predicted molar refractivity (Wildman–Crippen MR) is 82.0 cm³/mol. The SMILES string of the molecule is CCNC(CCCC(C)C)CCC1CCCCC1. The van der Waals surface area contributed by atoms with Crippen LogP contribution in [0.3, 0.4) is 0 Å².